The second-order valence-electron chi connectivity index (χ2n) is 7.47. The van der Waals surface area contributed by atoms with E-state index >= 15 is 0 Å². The normalized spacial score (nSPS) is 27.1. The van der Waals surface area contributed by atoms with Gasteiger partial charge in [-0.3, -0.25) is 4.79 Å². The predicted molar refractivity (Wildman–Crippen MR) is 88.0 cm³/mol. The van der Waals surface area contributed by atoms with E-state index in [4.69, 9.17) is 11.6 Å². The summed E-state index contributed by atoms with van der Waals surface area (Å²) in [5, 5.41) is 7.13. The Bertz CT molecular complexity index is 582. The molecule has 1 aromatic rings. The molecule has 114 valence electrons. The molecule has 21 heavy (non-hydrogen) atoms. The van der Waals surface area contributed by atoms with Crippen molar-refractivity contribution in [1.82, 2.24) is 0 Å². The summed E-state index contributed by atoms with van der Waals surface area (Å²) in [5.74, 6) is 0.772. The van der Waals surface area contributed by atoms with Gasteiger partial charge >= 0.3 is 0 Å². The second kappa shape index (κ2) is 5.20. The molecule has 1 heterocycles. The fourth-order valence-electron chi connectivity index (χ4n) is 4.03. The SMILES string of the molecule is CC1CC(Nc2cc3c(cc2Cl)NC(=O)C3)CC(C)(C)C1. The molecule has 0 saturated heterocycles. The minimum atomic E-state index is 0.0469. The minimum Gasteiger partial charge on any atom is -0.381 e. The van der Waals surface area contributed by atoms with Crippen molar-refractivity contribution in [2.75, 3.05) is 10.6 Å². The van der Waals surface area contributed by atoms with E-state index in [9.17, 15) is 4.79 Å². The molecule has 4 heteroatoms. The number of rotatable bonds is 2. The highest BCUT2D eigenvalue weighted by atomic mass is 35.5. The van der Waals surface area contributed by atoms with Gasteiger partial charge in [0.05, 0.1) is 17.1 Å². The highest BCUT2D eigenvalue weighted by Gasteiger charge is 2.32. The van der Waals surface area contributed by atoms with E-state index in [-0.39, 0.29) is 5.91 Å². The van der Waals surface area contributed by atoms with Crippen molar-refractivity contribution < 1.29 is 4.79 Å². The monoisotopic (exact) mass is 306 g/mol. The number of anilines is 2. The zero-order valence-corrected chi connectivity index (χ0v) is 13.7. The van der Waals surface area contributed by atoms with Crippen molar-refractivity contribution in [3.63, 3.8) is 0 Å². The molecule has 3 rings (SSSR count). The molecule has 2 atom stereocenters. The molecule has 1 fully saturated rings. The number of hydrogen-bond donors (Lipinski definition) is 2. The van der Waals surface area contributed by atoms with E-state index in [1.54, 1.807) is 0 Å². The molecule has 0 radical (unpaired) electrons. The van der Waals surface area contributed by atoms with Crippen LogP contribution in [0.4, 0.5) is 11.4 Å². The van der Waals surface area contributed by atoms with E-state index < -0.39 is 0 Å². The maximum atomic E-state index is 11.5. The third-order valence-corrected chi connectivity index (χ3v) is 4.88. The highest BCUT2D eigenvalue weighted by Crippen LogP contribution is 2.41. The van der Waals surface area contributed by atoms with Gasteiger partial charge in [0.15, 0.2) is 0 Å². The zero-order chi connectivity index (χ0) is 15.2. The van der Waals surface area contributed by atoms with E-state index in [1.165, 1.54) is 12.8 Å². The highest BCUT2D eigenvalue weighted by molar-refractivity contribution is 6.33. The van der Waals surface area contributed by atoms with Crippen LogP contribution in [0.5, 0.6) is 0 Å². The lowest BCUT2D eigenvalue weighted by atomic mass is 9.70. The molecular formula is C17H23ClN2O. The van der Waals surface area contributed by atoms with Gasteiger partial charge in [-0.15, -0.1) is 0 Å². The fourth-order valence-corrected chi connectivity index (χ4v) is 4.25. The van der Waals surface area contributed by atoms with Gasteiger partial charge in [0.25, 0.3) is 0 Å². The molecule has 1 aromatic carbocycles. The number of carbonyl (C=O) groups is 1. The van der Waals surface area contributed by atoms with Crippen LogP contribution in [0.25, 0.3) is 0 Å². The average Bonchev–Trinajstić information content (AvgIpc) is 2.66. The molecule has 1 amide bonds. The first-order valence-corrected chi connectivity index (χ1v) is 8.09. The summed E-state index contributed by atoms with van der Waals surface area (Å²) in [4.78, 5) is 11.5. The molecule has 0 bridgehead atoms. The molecule has 0 aromatic heterocycles. The van der Waals surface area contributed by atoms with E-state index in [1.807, 2.05) is 12.1 Å². The van der Waals surface area contributed by atoms with Gasteiger partial charge in [0.2, 0.25) is 5.91 Å². The lowest BCUT2D eigenvalue weighted by Gasteiger charge is -2.39. The summed E-state index contributed by atoms with van der Waals surface area (Å²) >= 11 is 6.37. The Kier molecular flexibility index (Phi) is 3.64. The largest absolute Gasteiger partial charge is 0.381 e. The minimum absolute atomic E-state index is 0.0469. The summed E-state index contributed by atoms with van der Waals surface area (Å²) in [6, 6.07) is 4.34. The third kappa shape index (κ3) is 3.18. The average molecular weight is 307 g/mol. The van der Waals surface area contributed by atoms with Gasteiger partial charge in [-0.05, 0) is 48.3 Å². The third-order valence-electron chi connectivity index (χ3n) is 4.56. The second-order valence-corrected chi connectivity index (χ2v) is 7.88. The molecule has 1 aliphatic carbocycles. The van der Waals surface area contributed by atoms with Gasteiger partial charge in [-0.1, -0.05) is 32.4 Å². The molecule has 2 aliphatic rings. The van der Waals surface area contributed by atoms with E-state index in [0.29, 0.717) is 22.9 Å². The van der Waals surface area contributed by atoms with Crippen LogP contribution in [-0.2, 0) is 11.2 Å². The van der Waals surface area contributed by atoms with Crippen molar-refractivity contribution in [3.05, 3.63) is 22.7 Å². The first-order chi connectivity index (χ1) is 9.82. The number of halogens is 1. The molecular weight excluding hydrogens is 284 g/mol. The predicted octanol–water partition coefficient (Wildman–Crippen LogP) is 4.46. The number of fused-ring (bicyclic) bond motifs is 1. The van der Waals surface area contributed by atoms with E-state index in [0.717, 1.165) is 29.3 Å². The molecule has 2 unspecified atom stereocenters. The number of benzene rings is 1. The topological polar surface area (TPSA) is 41.1 Å². The van der Waals surface area contributed by atoms with Crippen LogP contribution in [0.1, 0.15) is 45.6 Å². The molecule has 3 nitrogen and oxygen atoms in total. The fraction of sp³-hybridized carbons (Fsp3) is 0.588. The van der Waals surface area contributed by atoms with Gasteiger partial charge in [-0.2, -0.15) is 0 Å². The number of amides is 1. The van der Waals surface area contributed by atoms with Crippen LogP contribution in [0.15, 0.2) is 12.1 Å². The Hall–Kier alpha value is -1.22. The molecule has 2 N–H and O–H groups in total. The maximum absolute atomic E-state index is 11.5. The Morgan fingerprint density at radius 3 is 2.81 bits per heavy atom. The molecule has 0 spiro atoms. The van der Waals surface area contributed by atoms with Crippen LogP contribution in [-0.4, -0.2) is 11.9 Å². The standard InChI is InChI=1S/C17H23ClN2O/c1-10-4-12(9-17(2,3)8-10)19-15-5-11-6-16(21)20-14(11)7-13(15)18/h5,7,10,12,19H,4,6,8-9H2,1-3H3,(H,20,21). The Morgan fingerprint density at radius 2 is 2.10 bits per heavy atom. The van der Waals surface area contributed by atoms with Crippen molar-refractivity contribution in [2.45, 2.75) is 52.5 Å². The van der Waals surface area contributed by atoms with Crippen LogP contribution in [0.3, 0.4) is 0 Å². The van der Waals surface area contributed by atoms with Crippen molar-refractivity contribution in [2.24, 2.45) is 11.3 Å². The van der Waals surface area contributed by atoms with Crippen LogP contribution < -0.4 is 10.6 Å². The van der Waals surface area contributed by atoms with Gasteiger partial charge in [0, 0.05) is 11.7 Å². The van der Waals surface area contributed by atoms with Gasteiger partial charge < -0.3 is 10.6 Å². The van der Waals surface area contributed by atoms with Crippen molar-refractivity contribution >= 4 is 28.9 Å². The first-order valence-electron chi connectivity index (χ1n) is 7.71. The smallest absolute Gasteiger partial charge is 0.228 e. The van der Waals surface area contributed by atoms with Crippen LogP contribution in [0.2, 0.25) is 5.02 Å². The van der Waals surface area contributed by atoms with Crippen molar-refractivity contribution in [1.29, 1.82) is 0 Å². The summed E-state index contributed by atoms with van der Waals surface area (Å²) in [6.07, 6.45) is 4.06. The van der Waals surface area contributed by atoms with Gasteiger partial charge in [0.1, 0.15) is 0 Å². The quantitative estimate of drug-likeness (QED) is 0.847. The van der Waals surface area contributed by atoms with Crippen LogP contribution in [0, 0.1) is 11.3 Å². The van der Waals surface area contributed by atoms with Crippen molar-refractivity contribution in [3.8, 4) is 0 Å². The first kappa shape index (κ1) is 14.7. The van der Waals surface area contributed by atoms with Crippen LogP contribution >= 0.6 is 11.6 Å². The lowest BCUT2D eigenvalue weighted by molar-refractivity contribution is -0.115. The van der Waals surface area contributed by atoms with Gasteiger partial charge in [-0.25, -0.2) is 0 Å². The summed E-state index contributed by atoms with van der Waals surface area (Å²) in [6.45, 7) is 7.00. The Balaban J connectivity index is 1.79. The molecule has 1 aliphatic heterocycles. The Labute approximate surface area is 131 Å². The lowest BCUT2D eigenvalue weighted by Crippen LogP contribution is -2.35. The molecule has 1 saturated carbocycles. The Morgan fingerprint density at radius 1 is 1.33 bits per heavy atom. The summed E-state index contributed by atoms with van der Waals surface area (Å²) in [5.41, 5.74) is 3.22. The summed E-state index contributed by atoms with van der Waals surface area (Å²) in [7, 11) is 0. The number of hydrogen-bond acceptors (Lipinski definition) is 2. The number of nitrogens with one attached hydrogen (secondary N) is 2. The summed E-state index contributed by atoms with van der Waals surface area (Å²) < 4.78 is 0. The van der Waals surface area contributed by atoms with E-state index in [2.05, 4.69) is 31.4 Å². The zero-order valence-electron chi connectivity index (χ0n) is 12.9. The number of carbonyl (C=O) groups excluding carboxylic acids is 1. The maximum Gasteiger partial charge on any atom is 0.228 e.